The highest BCUT2D eigenvalue weighted by atomic mass is 19.1. The zero-order valence-corrected chi connectivity index (χ0v) is 11.9. The van der Waals surface area contributed by atoms with Crippen LogP contribution in [0.15, 0.2) is 36.4 Å². The third-order valence-corrected chi connectivity index (χ3v) is 3.21. The van der Waals surface area contributed by atoms with E-state index in [2.05, 4.69) is 9.88 Å². The van der Waals surface area contributed by atoms with Gasteiger partial charge in [-0.15, -0.1) is 0 Å². The first kappa shape index (κ1) is 14.6. The van der Waals surface area contributed by atoms with Crippen LogP contribution in [0, 0.1) is 12.7 Å². The van der Waals surface area contributed by atoms with Crippen LogP contribution >= 0.6 is 0 Å². The maximum absolute atomic E-state index is 13.3. The Morgan fingerprint density at radius 2 is 1.95 bits per heavy atom. The lowest BCUT2D eigenvalue weighted by Gasteiger charge is -2.18. The van der Waals surface area contributed by atoms with Crippen molar-refractivity contribution >= 4 is 0 Å². The quantitative estimate of drug-likeness (QED) is 0.910. The molecule has 1 heterocycles. The van der Waals surface area contributed by atoms with Crippen molar-refractivity contribution in [3.8, 4) is 0 Å². The molecule has 0 atom stereocenters. The SMILES string of the molecule is Cc1cccc(CN(C)Cc2cc(F)ccc2CN)n1. The van der Waals surface area contributed by atoms with Crippen molar-refractivity contribution in [2.45, 2.75) is 26.6 Å². The molecule has 0 unspecified atom stereocenters. The summed E-state index contributed by atoms with van der Waals surface area (Å²) in [5.41, 5.74) is 9.63. The van der Waals surface area contributed by atoms with Crippen molar-refractivity contribution < 1.29 is 4.39 Å². The molecule has 0 saturated heterocycles. The van der Waals surface area contributed by atoms with E-state index >= 15 is 0 Å². The molecule has 4 heteroatoms. The molecule has 0 radical (unpaired) electrons. The molecule has 106 valence electrons. The molecule has 2 N–H and O–H groups in total. The van der Waals surface area contributed by atoms with Gasteiger partial charge >= 0.3 is 0 Å². The van der Waals surface area contributed by atoms with E-state index in [-0.39, 0.29) is 5.82 Å². The van der Waals surface area contributed by atoms with E-state index < -0.39 is 0 Å². The highest BCUT2D eigenvalue weighted by Crippen LogP contribution is 2.14. The zero-order chi connectivity index (χ0) is 14.5. The Morgan fingerprint density at radius 3 is 2.65 bits per heavy atom. The number of halogens is 1. The lowest BCUT2D eigenvalue weighted by atomic mass is 10.1. The van der Waals surface area contributed by atoms with Gasteiger partial charge in [0.15, 0.2) is 0 Å². The fourth-order valence-corrected chi connectivity index (χ4v) is 2.25. The minimum absolute atomic E-state index is 0.223. The molecule has 0 bridgehead atoms. The van der Waals surface area contributed by atoms with E-state index in [1.165, 1.54) is 6.07 Å². The van der Waals surface area contributed by atoms with Gasteiger partial charge in [0.2, 0.25) is 0 Å². The Hall–Kier alpha value is -1.78. The molecule has 0 amide bonds. The first-order valence-electron chi connectivity index (χ1n) is 6.67. The summed E-state index contributed by atoms with van der Waals surface area (Å²) in [6.45, 7) is 3.77. The van der Waals surface area contributed by atoms with Gasteiger partial charge in [0, 0.05) is 25.3 Å². The summed E-state index contributed by atoms with van der Waals surface area (Å²) in [5, 5.41) is 0. The average molecular weight is 273 g/mol. The second kappa shape index (κ2) is 6.59. The number of pyridine rings is 1. The molecular formula is C16H20FN3. The Bertz CT molecular complexity index is 584. The summed E-state index contributed by atoms with van der Waals surface area (Å²) in [6.07, 6.45) is 0. The molecule has 1 aromatic heterocycles. The summed E-state index contributed by atoms with van der Waals surface area (Å²) in [5.74, 6) is -0.223. The number of hydrogen-bond donors (Lipinski definition) is 1. The van der Waals surface area contributed by atoms with Crippen molar-refractivity contribution in [1.29, 1.82) is 0 Å². The fourth-order valence-electron chi connectivity index (χ4n) is 2.25. The number of benzene rings is 1. The average Bonchev–Trinajstić information content (AvgIpc) is 2.38. The van der Waals surface area contributed by atoms with Crippen LogP contribution in [0.1, 0.15) is 22.5 Å². The summed E-state index contributed by atoms with van der Waals surface area (Å²) < 4.78 is 13.3. The van der Waals surface area contributed by atoms with Gasteiger partial charge in [0.25, 0.3) is 0 Å². The molecule has 3 nitrogen and oxygen atoms in total. The number of nitrogens with zero attached hydrogens (tertiary/aromatic N) is 2. The summed E-state index contributed by atoms with van der Waals surface area (Å²) >= 11 is 0. The number of aryl methyl sites for hydroxylation is 1. The van der Waals surface area contributed by atoms with E-state index in [0.29, 0.717) is 13.1 Å². The van der Waals surface area contributed by atoms with Crippen LogP contribution in [0.2, 0.25) is 0 Å². The highest BCUT2D eigenvalue weighted by Gasteiger charge is 2.08. The predicted molar refractivity (Wildman–Crippen MR) is 78.4 cm³/mol. The first-order chi connectivity index (χ1) is 9.58. The maximum atomic E-state index is 13.3. The summed E-state index contributed by atoms with van der Waals surface area (Å²) in [4.78, 5) is 6.58. The number of rotatable bonds is 5. The summed E-state index contributed by atoms with van der Waals surface area (Å²) in [7, 11) is 2.00. The Balaban J connectivity index is 2.08. The third-order valence-electron chi connectivity index (χ3n) is 3.21. The molecule has 0 fully saturated rings. The monoisotopic (exact) mass is 273 g/mol. The molecule has 0 saturated carbocycles. The Kier molecular flexibility index (Phi) is 4.82. The topological polar surface area (TPSA) is 42.1 Å². The van der Waals surface area contributed by atoms with Gasteiger partial charge in [0.1, 0.15) is 5.82 Å². The van der Waals surface area contributed by atoms with E-state index in [1.807, 2.05) is 32.2 Å². The molecular weight excluding hydrogens is 253 g/mol. The largest absolute Gasteiger partial charge is 0.326 e. The second-order valence-corrected chi connectivity index (χ2v) is 5.06. The lowest BCUT2D eigenvalue weighted by Crippen LogP contribution is -2.19. The van der Waals surface area contributed by atoms with Gasteiger partial charge in [0.05, 0.1) is 5.69 Å². The third kappa shape index (κ3) is 3.85. The Morgan fingerprint density at radius 1 is 1.15 bits per heavy atom. The van der Waals surface area contributed by atoms with Crippen LogP contribution in [0.4, 0.5) is 4.39 Å². The van der Waals surface area contributed by atoms with Crippen LogP contribution in [0.5, 0.6) is 0 Å². The molecule has 0 aliphatic rings. The van der Waals surface area contributed by atoms with Crippen molar-refractivity contribution in [1.82, 2.24) is 9.88 Å². The van der Waals surface area contributed by atoms with E-state index in [1.54, 1.807) is 12.1 Å². The van der Waals surface area contributed by atoms with E-state index in [4.69, 9.17) is 5.73 Å². The van der Waals surface area contributed by atoms with Gasteiger partial charge in [-0.25, -0.2) is 4.39 Å². The Labute approximate surface area is 119 Å². The normalized spacial score (nSPS) is 11.1. The van der Waals surface area contributed by atoms with Gasteiger partial charge in [-0.3, -0.25) is 9.88 Å². The molecule has 2 aromatic rings. The van der Waals surface area contributed by atoms with Crippen molar-refractivity contribution in [3.63, 3.8) is 0 Å². The molecule has 1 aromatic carbocycles. The van der Waals surface area contributed by atoms with Crippen molar-refractivity contribution in [3.05, 3.63) is 64.7 Å². The second-order valence-electron chi connectivity index (χ2n) is 5.06. The first-order valence-corrected chi connectivity index (χ1v) is 6.67. The van der Waals surface area contributed by atoms with Crippen LogP contribution < -0.4 is 5.73 Å². The fraction of sp³-hybridized carbons (Fsp3) is 0.312. The number of aromatic nitrogens is 1. The summed E-state index contributed by atoms with van der Waals surface area (Å²) in [6, 6.07) is 10.7. The van der Waals surface area contributed by atoms with Crippen LogP contribution in [0.3, 0.4) is 0 Å². The zero-order valence-electron chi connectivity index (χ0n) is 11.9. The molecule has 0 aliphatic carbocycles. The number of nitrogens with two attached hydrogens (primary N) is 1. The van der Waals surface area contributed by atoms with Crippen LogP contribution in [0.25, 0.3) is 0 Å². The van der Waals surface area contributed by atoms with Gasteiger partial charge < -0.3 is 5.73 Å². The minimum atomic E-state index is -0.223. The van der Waals surface area contributed by atoms with E-state index in [0.717, 1.165) is 29.1 Å². The highest BCUT2D eigenvalue weighted by molar-refractivity contribution is 5.27. The molecule has 0 spiro atoms. The number of hydrogen-bond acceptors (Lipinski definition) is 3. The minimum Gasteiger partial charge on any atom is -0.326 e. The van der Waals surface area contributed by atoms with Gasteiger partial charge in [-0.2, -0.15) is 0 Å². The van der Waals surface area contributed by atoms with Gasteiger partial charge in [-0.1, -0.05) is 12.1 Å². The van der Waals surface area contributed by atoms with E-state index in [9.17, 15) is 4.39 Å². The smallest absolute Gasteiger partial charge is 0.123 e. The lowest BCUT2D eigenvalue weighted by molar-refractivity contribution is 0.313. The van der Waals surface area contributed by atoms with Crippen molar-refractivity contribution in [2.24, 2.45) is 5.73 Å². The van der Waals surface area contributed by atoms with Crippen LogP contribution in [-0.4, -0.2) is 16.9 Å². The molecule has 0 aliphatic heterocycles. The molecule has 2 rings (SSSR count). The van der Waals surface area contributed by atoms with Crippen LogP contribution in [-0.2, 0) is 19.6 Å². The molecule has 20 heavy (non-hydrogen) atoms. The standard InChI is InChI=1S/C16H20FN3/c1-12-4-3-5-16(19-12)11-20(2)10-14-8-15(17)7-6-13(14)9-18/h3-8H,9-11,18H2,1-2H3. The van der Waals surface area contributed by atoms with Crippen molar-refractivity contribution in [2.75, 3.05) is 7.05 Å². The van der Waals surface area contributed by atoms with Gasteiger partial charge in [-0.05, 0) is 49.4 Å². The maximum Gasteiger partial charge on any atom is 0.123 e. The predicted octanol–water partition coefficient (Wildman–Crippen LogP) is 2.62.